The molecule has 1 aromatic heterocycles. The molecule has 1 aromatic carbocycles. The molecule has 0 unspecified atom stereocenters. The van der Waals surface area contributed by atoms with Crippen molar-refractivity contribution >= 4 is 23.0 Å². The van der Waals surface area contributed by atoms with Crippen molar-refractivity contribution in [2.75, 3.05) is 31.6 Å². The number of carbonyl (C=O) groups excluding carboxylic acids is 1. The van der Waals surface area contributed by atoms with Gasteiger partial charge >= 0.3 is 0 Å². The minimum Gasteiger partial charge on any atom is -0.423 e. The molecule has 0 aliphatic carbocycles. The number of oxazole rings is 1. The average Bonchev–Trinajstić information content (AvgIpc) is 3.03. The lowest BCUT2D eigenvalue weighted by Crippen LogP contribution is -2.41. The number of carbonyl (C=O) groups is 1. The maximum atomic E-state index is 12.3. The fraction of sp³-hybridized carbons (Fsp3) is 0.471. The number of para-hydroxylation sites is 2. The van der Waals surface area contributed by atoms with Crippen LogP contribution in [0.3, 0.4) is 0 Å². The fourth-order valence-electron chi connectivity index (χ4n) is 2.95. The Morgan fingerprint density at radius 1 is 1.43 bits per heavy atom. The summed E-state index contributed by atoms with van der Waals surface area (Å²) in [4.78, 5) is 20.6. The maximum Gasteiger partial charge on any atom is 0.298 e. The molecule has 120 valence electrons. The van der Waals surface area contributed by atoms with Crippen molar-refractivity contribution < 1.29 is 9.21 Å². The van der Waals surface area contributed by atoms with Crippen LogP contribution in [-0.4, -0.2) is 42.5 Å². The molecule has 1 fully saturated rings. The molecule has 6 nitrogen and oxygen atoms in total. The lowest BCUT2D eigenvalue weighted by Gasteiger charge is -2.32. The van der Waals surface area contributed by atoms with Crippen LogP contribution in [-0.2, 0) is 4.79 Å². The zero-order valence-corrected chi connectivity index (χ0v) is 13.2. The van der Waals surface area contributed by atoms with E-state index in [1.165, 1.54) is 0 Å². The number of anilines is 1. The van der Waals surface area contributed by atoms with Crippen molar-refractivity contribution in [2.45, 2.75) is 19.3 Å². The van der Waals surface area contributed by atoms with Crippen LogP contribution in [0.1, 0.15) is 19.3 Å². The molecule has 0 saturated carbocycles. The summed E-state index contributed by atoms with van der Waals surface area (Å²) in [5.41, 5.74) is 1.65. The highest BCUT2D eigenvalue weighted by molar-refractivity contribution is 5.79. The van der Waals surface area contributed by atoms with Crippen LogP contribution in [0.25, 0.3) is 11.1 Å². The Morgan fingerprint density at radius 2 is 2.17 bits per heavy atom. The molecule has 0 radical (unpaired) electrons. The van der Waals surface area contributed by atoms with Crippen molar-refractivity contribution in [2.24, 2.45) is 5.92 Å². The van der Waals surface area contributed by atoms with Crippen molar-refractivity contribution in [3.05, 3.63) is 24.3 Å². The third kappa shape index (κ3) is 3.29. The highest BCUT2D eigenvalue weighted by Gasteiger charge is 2.28. The molecule has 1 amide bonds. The van der Waals surface area contributed by atoms with E-state index in [2.05, 4.69) is 16.0 Å². The molecule has 1 aliphatic heterocycles. The van der Waals surface area contributed by atoms with Gasteiger partial charge in [0.1, 0.15) is 5.52 Å². The average molecular weight is 312 g/mol. The van der Waals surface area contributed by atoms with Gasteiger partial charge in [0.05, 0.1) is 12.5 Å². The number of aromatic nitrogens is 1. The second-order valence-corrected chi connectivity index (χ2v) is 5.89. The van der Waals surface area contributed by atoms with E-state index in [0.29, 0.717) is 19.0 Å². The number of fused-ring (bicyclic) bond motifs is 1. The Hall–Kier alpha value is -2.55. The molecule has 6 heteroatoms. The van der Waals surface area contributed by atoms with E-state index in [1.54, 1.807) is 11.9 Å². The number of benzene rings is 1. The van der Waals surface area contributed by atoms with Gasteiger partial charge in [0.2, 0.25) is 5.91 Å². The monoisotopic (exact) mass is 312 g/mol. The van der Waals surface area contributed by atoms with Crippen LogP contribution < -0.4 is 4.90 Å². The quantitative estimate of drug-likeness (QED) is 0.867. The van der Waals surface area contributed by atoms with Gasteiger partial charge in [0.25, 0.3) is 6.01 Å². The zero-order valence-electron chi connectivity index (χ0n) is 13.2. The molecule has 1 aliphatic rings. The van der Waals surface area contributed by atoms with Gasteiger partial charge in [0, 0.05) is 32.6 Å². The summed E-state index contributed by atoms with van der Waals surface area (Å²) in [6.07, 6.45) is 1.95. The normalized spacial score (nSPS) is 15.6. The Kier molecular flexibility index (Phi) is 4.47. The number of amides is 1. The van der Waals surface area contributed by atoms with Crippen LogP contribution in [0.5, 0.6) is 0 Å². The van der Waals surface area contributed by atoms with Gasteiger partial charge in [-0.25, -0.2) is 0 Å². The van der Waals surface area contributed by atoms with Crippen molar-refractivity contribution in [3.63, 3.8) is 0 Å². The largest absolute Gasteiger partial charge is 0.423 e. The van der Waals surface area contributed by atoms with E-state index in [-0.39, 0.29) is 11.8 Å². The number of nitriles is 1. The smallest absolute Gasteiger partial charge is 0.298 e. The van der Waals surface area contributed by atoms with Gasteiger partial charge in [-0.1, -0.05) is 12.1 Å². The molecule has 1 saturated heterocycles. The lowest BCUT2D eigenvalue weighted by molar-refractivity contribution is -0.134. The topological polar surface area (TPSA) is 73.4 Å². The summed E-state index contributed by atoms with van der Waals surface area (Å²) in [6, 6.07) is 10.4. The SMILES string of the molecule is CN(CCC#N)C(=O)C1CCN(c2nc3ccccc3o2)CC1. The van der Waals surface area contributed by atoms with E-state index >= 15 is 0 Å². The molecule has 0 N–H and O–H groups in total. The zero-order chi connectivity index (χ0) is 16.2. The van der Waals surface area contributed by atoms with Crippen LogP contribution >= 0.6 is 0 Å². The molecular formula is C17H20N4O2. The van der Waals surface area contributed by atoms with Crippen LogP contribution in [0.4, 0.5) is 6.01 Å². The summed E-state index contributed by atoms with van der Waals surface area (Å²) in [5, 5.41) is 8.62. The third-order valence-corrected chi connectivity index (χ3v) is 4.33. The number of rotatable bonds is 4. The molecule has 0 spiro atoms. The standard InChI is InChI=1S/C17H20N4O2/c1-20(10-4-9-18)16(22)13-7-11-21(12-8-13)17-19-14-5-2-3-6-15(14)23-17/h2-3,5-6,13H,4,7-8,10-12H2,1H3. The third-order valence-electron chi connectivity index (χ3n) is 4.33. The molecule has 23 heavy (non-hydrogen) atoms. The first-order chi connectivity index (χ1) is 11.2. The summed E-state index contributed by atoms with van der Waals surface area (Å²) in [7, 11) is 1.77. The summed E-state index contributed by atoms with van der Waals surface area (Å²) < 4.78 is 5.79. The molecule has 0 atom stereocenters. The lowest BCUT2D eigenvalue weighted by atomic mass is 9.95. The van der Waals surface area contributed by atoms with Crippen molar-refractivity contribution in [1.82, 2.24) is 9.88 Å². The Morgan fingerprint density at radius 3 is 2.87 bits per heavy atom. The number of hydrogen-bond acceptors (Lipinski definition) is 5. The second kappa shape index (κ2) is 6.69. The number of piperidine rings is 1. The molecule has 2 aromatic rings. The summed E-state index contributed by atoms with van der Waals surface area (Å²) in [5.74, 6) is 0.164. The van der Waals surface area contributed by atoms with Gasteiger partial charge in [-0.3, -0.25) is 4.79 Å². The molecular weight excluding hydrogens is 292 g/mol. The fourth-order valence-corrected chi connectivity index (χ4v) is 2.95. The maximum absolute atomic E-state index is 12.3. The van der Waals surface area contributed by atoms with Crippen LogP contribution in [0.2, 0.25) is 0 Å². The highest BCUT2D eigenvalue weighted by Crippen LogP contribution is 2.26. The van der Waals surface area contributed by atoms with Crippen molar-refractivity contribution in [1.29, 1.82) is 5.26 Å². The van der Waals surface area contributed by atoms with Gasteiger partial charge in [-0.2, -0.15) is 10.2 Å². The molecule has 2 heterocycles. The van der Waals surface area contributed by atoms with E-state index in [1.807, 2.05) is 24.3 Å². The van der Waals surface area contributed by atoms with Gasteiger partial charge in [-0.05, 0) is 25.0 Å². The minimum atomic E-state index is 0.0271. The number of hydrogen-bond donors (Lipinski definition) is 0. The summed E-state index contributed by atoms with van der Waals surface area (Å²) in [6.45, 7) is 2.02. The Balaban J connectivity index is 1.60. The number of nitrogens with zero attached hydrogens (tertiary/aromatic N) is 4. The van der Waals surface area contributed by atoms with Gasteiger partial charge < -0.3 is 14.2 Å². The molecule has 3 rings (SSSR count). The minimum absolute atomic E-state index is 0.0271. The first-order valence-corrected chi connectivity index (χ1v) is 7.91. The highest BCUT2D eigenvalue weighted by atomic mass is 16.4. The second-order valence-electron chi connectivity index (χ2n) is 5.89. The first-order valence-electron chi connectivity index (χ1n) is 7.91. The molecule has 0 bridgehead atoms. The van der Waals surface area contributed by atoms with Gasteiger partial charge in [-0.15, -0.1) is 0 Å². The predicted molar refractivity (Wildman–Crippen MR) is 86.8 cm³/mol. The first kappa shape index (κ1) is 15.3. The van der Waals surface area contributed by atoms with E-state index in [0.717, 1.165) is 37.0 Å². The predicted octanol–water partition coefficient (Wildman–Crippen LogP) is 2.42. The van der Waals surface area contributed by atoms with E-state index < -0.39 is 0 Å². The van der Waals surface area contributed by atoms with Gasteiger partial charge in [0.15, 0.2) is 5.58 Å². The summed E-state index contributed by atoms with van der Waals surface area (Å²) >= 11 is 0. The van der Waals surface area contributed by atoms with Crippen LogP contribution in [0, 0.1) is 17.2 Å². The van der Waals surface area contributed by atoms with E-state index in [4.69, 9.17) is 9.68 Å². The van der Waals surface area contributed by atoms with Crippen molar-refractivity contribution in [3.8, 4) is 6.07 Å². The Bertz CT molecular complexity index is 693. The van der Waals surface area contributed by atoms with Crippen LogP contribution in [0.15, 0.2) is 28.7 Å². The Labute approximate surface area is 135 Å². The van der Waals surface area contributed by atoms with E-state index in [9.17, 15) is 4.79 Å².